The summed E-state index contributed by atoms with van der Waals surface area (Å²) in [4.78, 5) is 16.4. The summed E-state index contributed by atoms with van der Waals surface area (Å²) in [6.07, 6.45) is 7.09. The maximum atomic E-state index is 12.4. The predicted molar refractivity (Wildman–Crippen MR) is 82.1 cm³/mol. The molecule has 2 aromatic rings. The normalized spacial score (nSPS) is 20.8. The minimum Gasteiger partial charge on any atom is -0.448 e. The molecule has 3 heterocycles. The average molecular weight is 315 g/mol. The van der Waals surface area contributed by atoms with Crippen LogP contribution in [0.5, 0.6) is 0 Å². The molecule has 1 aliphatic heterocycles. The fraction of sp³-hybridized carbons (Fsp3) is 0.625. The molecular formula is C16H21N5O2. The van der Waals surface area contributed by atoms with E-state index in [1.54, 1.807) is 0 Å². The van der Waals surface area contributed by atoms with Gasteiger partial charge >= 0.3 is 0 Å². The van der Waals surface area contributed by atoms with Crippen molar-refractivity contribution in [3.05, 3.63) is 29.5 Å². The zero-order valence-electron chi connectivity index (χ0n) is 13.3. The smallest absolute Gasteiger partial charge is 0.273 e. The molecule has 4 rings (SSSR count). The van der Waals surface area contributed by atoms with E-state index in [-0.39, 0.29) is 11.9 Å². The van der Waals surface area contributed by atoms with Crippen LogP contribution in [0.2, 0.25) is 0 Å². The quantitative estimate of drug-likeness (QED) is 0.930. The molecule has 1 N–H and O–H groups in total. The summed E-state index contributed by atoms with van der Waals surface area (Å²) in [5, 5.41) is 11.8. The molecule has 1 saturated carbocycles. The third kappa shape index (κ3) is 2.75. The van der Waals surface area contributed by atoms with Crippen LogP contribution in [-0.4, -0.2) is 31.7 Å². The van der Waals surface area contributed by atoms with Crippen LogP contribution >= 0.6 is 0 Å². The highest BCUT2D eigenvalue weighted by Crippen LogP contribution is 2.39. The van der Waals surface area contributed by atoms with Gasteiger partial charge in [-0.2, -0.15) is 0 Å². The summed E-state index contributed by atoms with van der Waals surface area (Å²) < 4.78 is 7.50. The summed E-state index contributed by atoms with van der Waals surface area (Å²) in [6, 6.07) is 0.137. The third-order valence-corrected chi connectivity index (χ3v) is 4.73. The van der Waals surface area contributed by atoms with E-state index < -0.39 is 0 Å². The molecule has 23 heavy (non-hydrogen) atoms. The SMILES string of the molecule is CCc1ocnc1C(=O)NC1CCc2nnc(C3CC3)n2CC1. The number of nitrogens with one attached hydrogen (secondary N) is 1. The molecular weight excluding hydrogens is 294 g/mol. The van der Waals surface area contributed by atoms with Crippen LogP contribution in [0, 0.1) is 0 Å². The fourth-order valence-corrected chi connectivity index (χ4v) is 3.26. The number of carbonyl (C=O) groups is 1. The van der Waals surface area contributed by atoms with Gasteiger partial charge in [0, 0.05) is 31.3 Å². The molecule has 7 nitrogen and oxygen atoms in total. The molecule has 1 amide bonds. The van der Waals surface area contributed by atoms with Crippen LogP contribution in [0.25, 0.3) is 0 Å². The summed E-state index contributed by atoms with van der Waals surface area (Å²) in [6.45, 7) is 2.83. The maximum absolute atomic E-state index is 12.4. The maximum Gasteiger partial charge on any atom is 0.273 e. The lowest BCUT2D eigenvalue weighted by molar-refractivity contribution is 0.0926. The van der Waals surface area contributed by atoms with Gasteiger partial charge < -0.3 is 14.3 Å². The predicted octanol–water partition coefficient (Wildman–Crippen LogP) is 1.84. The number of hydrogen-bond donors (Lipinski definition) is 1. The van der Waals surface area contributed by atoms with Gasteiger partial charge in [0.25, 0.3) is 5.91 Å². The summed E-state index contributed by atoms with van der Waals surface area (Å²) >= 11 is 0. The Morgan fingerprint density at radius 2 is 2.22 bits per heavy atom. The van der Waals surface area contributed by atoms with Crippen molar-refractivity contribution in [1.82, 2.24) is 25.1 Å². The van der Waals surface area contributed by atoms with E-state index in [1.807, 2.05) is 6.92 Å². The number of rotatable bonds is 4. The number of hydrogen-bond acceptors (Lipinski definition) is 5. The monoisotopic (exact) mass is 315 g/mol. The standard InChI is InChI=1S/C16H21N5O2/c1-2-12-14(17-9-23-12)16(22)18-11-5-6-13-19-20-15(10-3-4-10)21(13)8-7-11/h9-11H,2-8H2,1H3,(H,18,22). The lowest BCUT2D eigenvalue weighted by Gasteiger charge is -2.15. The first kappa shape index (κ1) is 14.4. The van der Waals surface area contributed by atoms with E-state index >= 15 is 0 Å². The summed E-state index contributed by atoms with van der Waals surface area (Å²) in [7, 11) is 0. The highest BCUT2D eigenvalue weighted by molar-refractivity contribution is 5.93. The molecule has 0 radical (unpaired) electrons. The van der Waals surface area contributed by atoms with Gasteiger partial charge in [0.2, 0.25) is 0 Å². The van der Waals surface area contributed by atoms with Gasteiger partial charge in [-0.25, -0.2) is 4.98 Å². The number of nitrogens with zero attached hydrogens (tertiary/aromatic N) is 4. The molecule has 1 aliphatic carbocycles. The molecule has 2 aliphatic rings. The highest BCUT2D eigenvalue weighted by Gasteiger charge is 2.31. The van der Waals surface area contributed by atoms with Crippen molar-refractivity contribution in [2.75, 3.05) is 0 Å². The van der Waals surface area contributed by atoms with Crippen LogP contribution in [0.3, 0.4) is 0 Å². The van der Waals surface area contributed by atoms with Crippen LogP contribution < -0.4 is 5.32 Å². The van der Waals surface area contributed by atoms with Gasteiger partial charge in [0.1, 0.15) is 17.4 Å². The molecule has 0 aromatic carbocycles. The Bertz CT molecular complexity index is 716. The van der Waals surface area contributed by atoms with Crippen molar-refractivity contribution in [2.24, 2.45) is 0 Å². The van der Waals surface area contributed by atoms with Crippen molar-refractivity contribution in [2.45, 2.75) is 64.0 Å². The van der Waals surface area contributed by atoms with Gasteiger partial charge in [-0.1, -0.05) is 6.92 Å². The van der Waals surface area contributed by atoms with Crippen LogP contribution in [0.1, 0.15) is 66.4 Å². The Balaban J connectivity index is 1.43. The summed E-state index contributed by atoms with van der Waals surface area (Å²) in [5.41, 5.74) is 0.412. The average Bonchev–Trinajstić information content (AvgIpc) is 3.20. The molecule has 122 valence electrons. The van der Waals surface area contributed by atoms with Gasteiger partial charge in [-0.3, -0.25) is 4.79 Å². The molecule has 0 spiro atoms. The van der Waals surface area contributed by atoms with Crippen LogP contribution in [0.15, 0.2) is 10.8 Å². The Kier molecular flexibility index (Phi) is 3.63. The summed E-state index contributed by atoms with van der Waals surface area (Å²) in [5.74, 6) is 3.30. The second-order valence-electron chi connectivity index (χ2n) is 6.38. The minimum absolute atomic E-state index is 0.137. The van der Waals surface area contributed by atoms with E-state index in [9.17, 15) is 4.79 Å². The Labute approximate surface area is 134 Å². The number of oxazole rings is 1. The first-order valence-electron chi connectivity index (χ1n) is 8.41. The van der Waals surface area contributed by atoms with E-state index in [2.05, 4.69) is 25.1 Å². The first-order chi connectivity index (χ1) is 11.3. The van der Waals surface area contributed by atoms with Crippen LogP contribution in [0.4, 0.5) is 0 Å². The lowest BCUT2D eigenvalue weighted by atomic mass is 10.1. The Morgan fingerprint density at radius 1 is 1.35 bits per heavy atom. The number of aromatic nitrogens is 4. The van der Waals surface area contributed by atoms with Crippen LogP contribution in [-0.2, 0) is 19.4 Å². The van der Waals surface area contributed by atoms with Gasteiger partial charge in [0.05, 0.1) is 0 Å². The fourth-order valence-electron chi connectivity index (χ4n) is 3.26. The second-order valence-corrected chi connectivity index (χ2v) is 6.38. The van der Waals surface area contributed by atoms with E-state index in [0.717, 1.165) is 37.5 Å². The van der Waals surface area contributed by atoms with Gasteiger partial charge in [-0.15, -0.1) is 10.2 Å². The lowest BCUT2D eigenvalue weighted by Crippen LogP contribution is -2.35. The van der Waals surface area contributed by atoms with Crippen molar-refractivity contribution in [1.29, 1.82) is 0 Å². The topological polar surface area (TPSA) is 85.8 Å². The van der Waals surface area contributed by atoms with E-state index in [4.69, 9.17) is 4.42 Å². The van der Waals surface area contributed by atoms with Gasteiger partial charge in [0.15, 0.2) is 12.1 Å². The van der Waals surface area contributed by atoms with Crippen molar-refractivity contribution >= 4 is 5.91 Å². The zero-order chi connectivity index (χ0) is 15.8. The Morgan fingerprint density at radius 3 is 3.00 bits per heavy atom. The molecule has 0 saturated heterocycles. The van der Waals surface area contributed by atoms with E-state index in [1.165, 1.54) is 19.2 Å². The molecule has 1 fully saturated rings. The van der Waals surface area contributed by atoms with E-state index in [0.29, 0.717) is 23.8 Å². The van der Waals surface area contributed by atoms with Crippen molar-refractivity contribution in [3.8, 4) is 0 Å². The third-order valence-electron chi connectivity index (χ3n) is 4.73. The van der Waals surface area contributed by atoms with Crippen molar-refractivity contribution in [3.63, 3.8) is 0 Å². The van der Waals surface area contributed by atoms with Gasteiger partial charge in [-0.05, 0) is 25.7 Å². The number of fused-ring (bicyclic) bond motifs is 1. The zero-order valence-corrected chi connectivity index (χ0v) is 13.3. The Hall–Kier alpha value is -2.18. The molecule has 0 bridgehead atoms. The highest BCUT2D eigenvalue weighted by atomic mass is 16.3. The van der Waals surface area contributed by atoms with Crippen molar-refractivity contribution < 1.29 is 9.21 Å². The molecule has 2 aromatic heterocycles. The molecule has 7 heteroatoms. The molecule has 1 atom stereocenters. The second kappa shape index (κ2) is 5.79. The first-order valence-corrected chi connectivity index (χ1v) is 8.41. The number of aryl methyl sites for hydroxylation is 2. The number of carbonyl (C=O) groups excluding carboxylic acids is 1. The molecule has 1 unspecified atom stereocenters. The minimum atomic E-state index is -0.138. The number of amides is 1. The largest absolute Gasteiger partial charge is 0.448 e.